The summed E-state index contributed by atoms with van der Waals surface area (Å²) in [5.41, 5.74) is 0. The van der Waals surface area contributed by atoms with Crippen LogP contribution in [0.3, 0.4) is 0 Å². The summed E-state index contributed by atoms with van der Waals surface area (Å²) in [6.07, 6.45) is 1.30. The van der Waals surface area contributed by atoms with Crippen LogP contribution in [-0.2, 0) is 10.0 Å². The molecule has 0 N–H and O–H groups in total. The molecule has 0 radical (unpaired) electrons. The molecule has 122 valence electrons. The van der Waals surface area contributed by atoms with Crippen LogP contribution in [0.25, 0.3) is 0 Å². The number of nitrogens with zero attached hydrogens (tertiary/aromatic N) is 2. The van der Waals surface area contributed by atoms with Crippen molar-refractivity contribution in [3.8, 4) is 11.6 Å². The predicted octanol–water partition coefficient (Wildman–Crippen LogP) is 2.20. The van der Waals surface area contributed by atoms with Gasteiger partial charge in [-0.05, 0) is 24.3 Å². The molecule has 2 aromatic rings. The van der Waals surface area contributed by atoms with E-state index < -0.39 is 10.0 Å². The summed E-state index contributed by atoms with van der Waals surface area (Å²) < 4.78 is 37.3. The number of rotatable bonds is 5. The SMILES string of the molecule is COc1ccccc1S(=O)(=O)N1CC(Oc2ncccc2Cl)C1. The lowest BCUT2D eigenvalue weighted by Gasteiger charge is -2.37. The van der Waals surface area contributed by atoms with E-state index in [-0.39, 0.29) is 24.1 Å². The van der Waals surface area contributed by atoms with Gasteiger partial charge >= 0.3 is 0 Å². The van der Waals surface area contributed by atoms with Crippen molar-refractivity contribution in [1.82, 2.24) is 9.29 Å². The predicted molar refractivity (Wildman–Crippen MR) is 85.4 cm³/mol. The number of hydrogen-bond donors (Lipinski definition) is 0. The number of sulfonamides is 1. The van der Waals surface area contributed by atoms with Crippen LogP contribution in [-0.4, -0.2) is 44.0 Å². The summed E-state index contributed by atoms with van der Waals surface area (Å²) in [6.45, 7) is 0.487. The smallest absolute Gasteiger partial charge is 0.247 e. The lowest BCUT2D eigenvalue weighted by atomic mass is 10.2. The van der Waals surface area contributed by atoms with Gasteiger partial charge in [0.05, 0.1) is 20.2 Å². The van der Waals surface area contributed by atoms with Gasteiger partial charge in [0.25, 0.3) is 0 Å². The van der Waals surface area contributed by atoms with Crippen molar-refractivity contribution in [2.45, 2.75) is 11.0 Å². The molecule has 0 unspecified atom stereocenters. The van der Waals surface area contributed by atoms with Crippen molar-refractivity contribution in [3.63, 3.8) is 0 Å². The van der Waals surface area contributed by atoms with Crippen LogP contribution in [0.4, 0.5) is 0 Å². The summed E-state index contributed by atoms with van der Waals surface area (Å²) in [5, 5.41) is 0.401. The highest BCUT2D eigenvalue weighted by molar-refractivity contribution is 7.89. The molecule has 0 aliphatic carbocycles. The fourth-order valence-corrected chi connectivity index (χ4v) is 4.08. The molecule has 6 nitrogen and oxygen atoms in total. The molecule has 1 fully saturated rings. The van der Waals surface area contributed by atoms with Crippen molar-refractivity contribution >= 4 is 21.6 Å². The summed E-state index contributed by atoms with van der Waals surface area (Å²) in [4.78, 5) is 4.18. The minimum atomic E-state index is -3.61. The van der Waals surface area contributed by atoms with Gasteiger partial charge in [-0.2, -0.15) is 4.31 Å². The number of para-hydroxylation sites is 1. The number of methoxy groups -OCH3 is 1. The first-order valence-corrected chi connectivity index (χ1v) is 8.74. The van der Waals surface area contributed by atoms with E-state index in [4.69, 9.17) is 21.1 Å². The van der Waals surface area contributed by atoms with E-state index >= 15 is 0 Å². The first kappa shape index (κ1) is 16.0. The fraction of sp³-hybridized carbons (Fsp3) is 0.267. The third-order valence-corrected chi connectivity index (χ3v) is 5.66. The number of aromatic nitrogens is 1. The van der Waals surface area contributed by atoms with Crippen LogP contribution in [0.2, 0.25) is 5.02 Å². The van der Waals surface area contributed by atoms with Crippen LogP contribution in [0.1, 0.15) is 0 Å². The van der Waals surface area contributed by atoms with Gasteiger partial charge in [-0.1, -0.05) is 23.7 Å². The quantitative estimate of drug-likeness (QED) is 0.823. The third-order valence-electron chi connectivity index (χ3n) is 3.50. The first-order chi connectivity index (χ1) is 11.0. The number of pyridine rings is 1. The molecule has 0 spiro atoms. The van der Waals surface area contributed by atoms with E-state index in [1.54, 1.807) is 36.5 Å². The van der Waals surface area contributed by atoms with Crippen molar-refractivity contribution in [1.29, 1.82) is 0 Å². The van der Waals surface area contributed by atoms with Gasteiger partial charge in [0.2, 0.25) is 15.9 Å². The monoisotopic (exact) mass is 354 g/mol. The average molecular weight is 355 g/mol. The van der Waals surface area contributed by atoms with Crippen molar-refractivity contribution in [2.24, 2.45) is 0 Å². The van der Waals surface area contributed by atoms with E-state index in [1.165, 1.54) is 17.5 Å². The first-order valence-electron chi connectivity index (χ1n) is 6.92. The van der Waals surface area contributed by atoms with Crippen LogP contribution < -0.4 is 9.47 Å². The molecular formula is C15H15ClN2O4S. The molecule has 2 heterocycles. The van der Waals surface area contributed by atoms with Crippen molar-refractivity contribution < 1.29 is 17.9 Å². The van der Waals surface area contributed by atoms with E-state index in [2.05, 4.69) is 4.98 Å². The van der Waals surface area contributed by atoms with Gasteiger partial charge in [0, 0.05) is 6.20 Å². The number of halogens is 1. The molecule has 3 rings (SSSR count). The maximum Gasteiger partial charge on any atom is 0.247 e. The molecule has 0 bridgehead atoms. The molecule has 1 aliphatic heterocycles. The molecule has 23 heavy (non-hydrogen) atoms. The summed E-state index contributed by atoms with van der Waals surface area (Å²) in [6, 6.07) is 9.91. The molecule has 1 saturated heterocycles. The van der Waals surface area contributed by atoms with Gasteiger partial charge in [-0.3, -0.25) is 0 Å². The number of hydrogen-bond acceptors (Lipinski definition) is 5. The highest BCUT2D eigenvalue weighted by atomic mass is 35.5. The Bertz CT molecular complexity index is 807. The Morgan fingerprint density at radius 1 is 1.22 bits per heavy atom. The maximum atomic E-state index is 12.6. The minimum Gasteiger partial charge on any atom is -0.495 e. The van der Waals surface area contributed by atoms with E-state index in [0.717, 1.165) is 0 Å². The van der Waals surface area contributed by atoms with Gasteiger partial charge in [0.1, 0.15) is 21.8 Å². The zero-order chi connectivity index (χ0) is 16.4. The van der Waals surface area contributed by atoms with E-state index in [1.807, 2.05) is 0 Å². The third kappa shape index (κ3) is 3.12. The number of ether oxygens (including phenoxy) is 2. The zero-order valence-corrected chi connectivity index (χ0v) is 13.9. The van der Waals surface area contributed by atoms with Gasteiger partial charge in [-0.15, -0.1) is 0 Å². The van der Waals surface area contributed by atoms with Gasteiger partial charge in [-0.25, -0.2) is 13.4 Å². The molecule has 0 saturated carbocycles. The Morgan fingerprint density at radius 3 is 2.65 bits per heavy atom. The van der Waals surface area contributed by atoms with Gasteiger partial charge in [0.15, 0.2) is 0 Å². The average Bonchev–Trinajstić information content (AvgIpc) is 2.51. The van der Waals surface area contributed by atoms with Crippen LogP contribution in [0.15, 0.2) is 47.5 Å². The number of benzene rings is 1. The second kappa shape index (κ2) is 6.35. The molecule has 8 heteroatoms. The van der Waals surface area contributed by atoms with Crippen LogP contribution in [0.5, 0.6) is 11.6 Å². The molecule has 1 aromatic heterocycles. The van der Waals surface area contributed by atoms with Crippen molar-refractivity contribution in [3.05, 3.63) is 47.6 Å². The Morgan fingerprint density at radius 2 is 1.96 bits per heavy atom. The molecule has 0 amide bonds. The summed E-state index contributed by atoms with van der Waals surface area (Å²) in [5.74, 6) is 0.637. The zero-order valence-electron chi connectivity index (χ0n) is 12.3. The Balaban J connectivity index is 1.70. The lowest BCUT2D eigenvalue weighted by Crippen LogP contribution is -2.56. The topological polar surface area (TPSA) is 68.7 Å². The molecule has 0 atom stereocenters. The summed E-state index contributed by atoms with van der Waals surface area (Å²) >= 11 is 5.98. The molecular weight excluding hydrogens is 340 g/mol. The molecule has 1 aromatic carbocycles. The van der Waals surface area contributed by atoms with Crippen LogP contribution >= 0.6 is 11.6 Å². The van der Waals surface area contributed by atoms with E-state index in [0.29, 0.717) is 16.7 Å². The minimum absolute atomic E-state index is 0.150. The van der Waals surface area contributed by atoms with Crippen LogP contribution in [0, 0.1) is 0 Å². The largest absolute Gasteiger partial charge is 0.495 e. The second-order valence-corrected chi connectivity index (χ2v) is 7.32. The van der Waals surface area contributed by atoms with E-state index in [9.17, 15) is 8.42 Å². The normalized spacial score (nSPS) is 15.9. The summed E-state index contributed by atoms with van der Waals surface area (Å²) in [7, 11) is -2.16. The maximum absolute atomic E-state index is 12.6. The Labute approximate surface area is 139 Å². The highest BCUT2D eigenvalue weighted by Crippen LogP contribution is 2.31. The second-order valence-electron chi connectivity index (χ2n) is 5.00. The standard InChI is InChI=1S/C15H15ClN2O4S/c1-21-13-6-2-3-7-14(13)23(19,20)18-9-11(10-18)22-15-12(16)5-4-8-17-15/h2-8,11H,9-10H2,1H3. The van der Waals surface area contributed by atoms with Crippen molar-refractivity contribution in [2.75, 3.05) is 20.2 Å². The Hall–Kier alpha value is -1.83. The molecule has 1 aliphatic rings. The van der Waals surface area contributed by atoms with Gasteiger partial charge < -0.3 is 9.47 Å². The fourth-order valence-electron chi connectivity index (χ4n) is 2.26. The highest BCUT2D eigenvalue weighted by Gasteiger charge is 2.39. The lowest BCUT2D eigenvalue weighted by molar-refractivity contribution is 0.0721. The Kier molecular flexibility index (Phi) is 4.43.